The molecule has 0 unspecified atom stereocenters. The molecule has 0 N–H and O–H groups in total. The van der Waals surface area contributed by atoms with Gasteiger partial charge in [-0.3, -0.25) is 0 Å². The maximum Gasteiger partial charge on any atom is 0.150 e. The molecule has 0 aliphatic carbocycles. The van der Waals surface area contributed by atoms with Gasteiger partial charge in [-0.25, -0.2) is 0 Å². The minimum Gasteiger partial charge on any atom is -0.359 e. The van der Waals surface area contributed by atoms with Gasteiger partial charge in [0.1, 0.15) is 13.6 Å². The Labute approximate surface area is 55.2 Å². The van der Waals surface area contributed by atoms with Crippen molar-refractivity contribution in [2.45, 2.75) is 0 Å². The van der Waals surface area contributed by atoms with Gasteiger partial charge < -0.3 is 14.2 Å². The molecule has 0 rings (SSSR count). The Kier molecular flexibility index (Phi) is 7.30. The summed E-state index contributed by atoms with van der Waals surface area (Å²) in [6.45, 7) is 4.52. The second-order valence-electron chi connectivity index (χ2n) is 1.39. The van der Waals surface area contributed by atoms with Gasteiger partial charge in [0.25, 0.3) is 0 Å². The molecule has 0 aliphatic heterocycles. The van der Waals surface area contributed by atoms with Gasteiger partial charge in [0.2, 0.25) is 0 Å². The van der Waals surface area contributed by atoms with Crippen LogP contribution in [0.2, 0.25) is 0 Å². The summed E-state index contributed by atoms with van der Waals surface area (Å²) in [6, 6.07) is 0. The average molecular weight is 132 g/mol. The van der Waals surface area contributed by atoms with Crippen LogP contribution in [0, 0.1) is 0 Å². The largest absolute Gasteiger partial charge is 0.359 e. The summed E-state index contributed by atoms with van der Waals surface area (Å²) in [5, 5.41) is 0. The van der Waals surface area contributed by atoms with Crippen LogP contribution in [0.25, 0.3) is 0 Å². The zero-order valence-corrected chi connectivity index (χ0v) is 5.63. The highest BCUT2D eigenvalue weighted by Crippen LogP contribution is 1.77. The van der Waals surface area contributed by atoms with E-state index in [1.54, 1.807) is 13.2 Å². The standard InChI is InChI=1S/C6H12O3/c1-3-4-8-6-9-5-7-2/h3H,1,4-6H2,2H3. The highest BCUT2D eigenvalue weighted by atomic mass is 16.7. The minimum atomic E-state index is 0.264. The molecular formula is C6H12O3. The zero-order chi connectivity index (χ0) is 6.95. The van der Waals surface area contributed by atoms with E-state index in [1.165, 1.54) is 0 Å². The molecule has 0 aromatic heterocycles. The first-order chi connectivity index (χ1) is 4.41. The molecule has 54 valence electrons. The molecule has 0 amide bonds. The van der Waals surface area contributed by atoms with E-state index in [0.29, 0.717) is 6.61 Å². The number of hydrogen-bond acceptors (Lipinski definition) is 3. The summed E-state index contributed by atoms with van der Waals surface area (Å²) < 4.78 is 14.3. The van der Waals surface area contributed by atoms with Crippen LogP contribution in [0.4, 0.5) is 0 Å². The molecule has 0 aromatic rings. The molecule has 0 saturated carbocycles. The molecular weight excluding hydrogens is 120 g/mol. The van der Waals surface area contributed by atoms with E-state index < -0.39 is 0 Å². The third kappa shape index (κ3) is 7.62. The molecule has 3 heteroatoms. The molecule has 0 aliphatic rings. The van der Waals surface area contributed by atoms with Crippen molar-refractivity contribution >= 4 is 0 Å². The normalized spacial score (nSPS) is 9.44. The lowest BCUT2D eigenvalue weighted by molar-refractivity contribution is -0.115. The van der Waals surface area contributed by atoms with Crippen molar-refractivity contribution in [1.29, 1.82) is 0 Å². The maximum atomic E-state index is 4.86. The van der Waals surface area contributed by atoms with Crippen LogP contribution in [0.5, 0.6) is 0 Å². The van der Waals surface area contributed by atoms with Crippen LogP contribution in [0.1, 0.15) is 0 Å². The van der Waals surface area contributed by atoms with E-state index >= 15 is 0 Å². The molecule has 0 spiro atoms. The van der Waals surface area contributed by atoms with Gasteiger partial charge in [0.15, 0.2) is 0 Å². The topological polar surface area (TPSA) is 27.7 Å². The highest BCUT2D eigenvalue weighted by Gasteiger charge is 1.81. The van der Waals surface area contributed by atoms with Crippen molar-refractivity contribution in [3.63, 3.8) is 0 Å². The third-order valence-electron chi connectivity index (χ3n) is 0.604. The first-order valence-electron chi connectivity index (χ1n) is 2.67. The molecule has 0 aromatic carbocycles. The predicted molar refractivity (Wildman–Crippen MR) is 34.0 cm³/mol. The van der Waals surface area contributed by atoms with Crippen LogP contribution in [0.3, 0.4) is 0 Å². The molecule has 0 atom stereocenters. The molecule has 3 nitrogen and oxygen atoms in total. The summed E-state index contributed by atoms with van der Waals surface area (Å²) in [5.74, 6) is 0. The van der Waals surface area contributed by atoms with Crippen molar-refractivity contribution < 1.29 is 14.2 Å². The first-order valence-corrected chi connectivity index (χ1v) is 2.67. The number of methoxy groups -OCH3 is 1. The second kappa shape index (κ2) is 7.62. The minimum absolute atomic E-state index is 0.264. The lowest BCUT2D eigenvalue weighted by Crippen LogP contribution is -2.02. The van der Waals surface area contributed by atoms with Gasteiger partial charge >= 0.3 is 0 Å². The molecule has 0 saturated heterocycles. The molecule has 9 heavy (non-hydrogen) atoms. The van der Waals surface area contributed by atoms with Crippen molar-refractivity contribution in [2.75, 3.05) is 27.3 Å². The van der Waals surface area contributed by atoms with Crippen LogP contribution in [-0.4, -0.2) is 27.3 Å². The fourth-order valence-electron chi connectivity index (χ4n) is 0.308. The quantitative estimate of drug-likeness (QED) is 0.303. The van der Waals surface area contributed by atoms with Crippen molar-refractivity contribution in [3.8, 4) is 0 Å². The van der Waals surface area contributed by atoms with Crippen LogP contribution < -0.4 is 0 Å². The Morgan fingerprint density at radius 2 is 2.11 bits per heavy atom. The van der Waals surface area contributed by atoms with Gasteiger partial charge in [0.05, 0.1) is 6.61 Å². The van der Waals surface area contributed by atoms with Crippen LogP contribution >= 0.6 is 0 Å². The van der Waals surface area contributed by atoms with E-state index in [4.69, 9.17) is 9.47 Å². The van der Waals surface area contributed by atoms with Gasteiger partial charge in [-0.15, -0.1) is 6.58 Å². The monoisotopic (exact) mass is 132 g/mol. The summed E-state index contributed by atoms with van der Waals surface area (Å²) in [4.78, 5) is 0. The van der Waals surface area contributed by atoms with Crippen LogP contribution in [0.15, 0.2) is 12.7 Å². The maximum absolute atomic E-state index is 4.86. The van der Waals surface area contributed by atoms with Gasteiger partial charge in [0, 0.05) is 7.11 Å². The Hall–Kier alpha value is -0.380. The highest BCUT2D eigenvalue weighted by molar-refractivity contribution is 4.62. The van der Waals surface area contributed by atoms with E-state index in [-0.39, 0.29) is 13.6 Å². The zero-order valence-electron chi connectivity index (χ0n) is 5.63. The predicted octanol–water partition coefficient (Wildman–Crippen LogP) is 0.767. The van der Waals surface area contributed by atoms with Gasteiger partial charge in [-0.2, -0.15) is 0 Å². The Bertz CT molecular complexity index is 63.3. The van der Waals surface area contributed by atoms with E-state index in [0.717, 1.165) is 0 Å². The number of rotatable bonds is 6. The van der Waals surface area contributed by atoms with Gasteiger partial charge in [-0.1, -0.05) is 6.08 Å². The summed E-state index contributed by atoms with van der Waals surface area (Å²) in [6.07, 6.45) is 1.66. The summed E-state index contributed by atoms with van der Waals surface area (Å²) in [7, 11) is 1.56. The smallest absolute Gasteiger partial charge is 0.150 e. The summed E-state index contributed by atoms with van der Waals surface area (Å²) >= 11 is 0. The second-order valence-corrected chi connectivity index (χ2v) is 1.39. The van der Waals surface area contributed by atoms with Crippen molar-refractivity contribution in [3.05, 3.63) is 12.7 Å². The molecule has 0 radical (unpaired) electrons. The van der Waals surface area contributed by atoms with Crippen molar-refractivity contribution in [1.82, 2.24) is 0 Å². The lowest BCUT2D eigenvalue weighted by Gasteiger charge is -2.00. The number of hydrogen-bond donors (Lipinski definition) is 0. The Balaban J connectivity index is 2.66. The first kappa shape index (κ1) is 8.62. The van der Waals surface area contributed by atoms with Crippen molar-refractivity contribution in [2.24, 2.45) is 0 Å². The van der Waals surface area contributed by atoms with E-state index in [1.807, 2.05) is 0 Å². The third-order valence-corrected chi connectivity index (χ3v) is 0.604. The van der Waals surface area contributed by atoms with E-state index in [2.05, 4.69) is 11.3 Å². The fourth-order valence-corrected chi connectivity index (χ4v) is 0.308. The fraction of sp³-hybridized carbons (Fsp3) is 0.667. The Morgan fingerprint density at radius 3 is 2.67 bits per heavy atom. The molecule has 0 heterocycles. The number of ether oxygens (including phenoxy) is 3. The van der Waals surface area contributed by atoms with Crippen LogP contribution in [-0.2, 0) is 14.2 Å². The Morgan fingerprint density at radius 1 is 1.33 bits per heavy atom. The lowest BCUT2D eigenvalue weighted by atomic mass is 10.7. The molecule has 0 fully saturated rings. The average Bonchev–Trinajstić information content (AvgIpc) is 1.89. The van der Waals surface area contributed by atoms with E-state index in [9.17, 15) is 0 Å². The van der Waals surface area contributed by atoms with Gasteiger partial charge in [-0.05, 0) is 0 Å². The summed E-state index contributed by atoms with van der Waals surface area (Å²) in [5.41, 5.74) is 0. The SMILES string of the molecule is C=CCOCOCOC. The molecule has 0 bridgehead atoms.